The number of nitrogens with two attached hydrogens (primary N) is 2. The molecule has 0 spiro atoms. The molecule has 154 valence electrons. The summed E-state index contributed by atoms with van der Waals surface area (Å²) in [6.07, 6.45) is 5.09. The molecule has 0 bridgehead atoms. The standard InChI is InChI=1S/C18H18N2.C9H13N/c1-13-6-5-9-15(10-13)16-11-17(18(19)20-12-16)14-7-3-2-4-8-14;1-2-8-4-3-5-9(6-8)7-10/h2-12,18,20H,19H2,1H3;3-6H,2,7,10H2,1H3. The van der Waals surface area contributed by atoms with Crippen molar-refractivity contribution in [3.63, 3.8) is 0 Å². The van der Waals surface area contributed by atoms with Gasteiger partial charge in [-0.25, -0.2) is 0 Å². The number of rotatable bonds is 4. The van der Waals surface area contributed by atoms with E-state index in [2.05, 4.69) is 85.9 Å². The molecular weight excluding hydrogens is 366 g/mol. The monoisotopic (exact) mass is 397 g/mol. The predicted octanol–water partition coefficient (Wildman–Crippen LogP) is 5.02. The second-order valence-corrected chi connectivity index (χ2v) is 7.46. The first-order valence-corrected chi connectivity index (χ1v) is 10.4. The number of benzene rings is 3. The molecule has 1 aliphatic heterocycles. The van der Waals surface area contributed by atoms with E-state index in [1.807, 2.05) is 24.4 Å². The van der Waals surface area contributed by atoms with Gasteiger partial charge in [0.2, 0.25) is 0 Å². The molecule has 3 aromatic rings. The summed E-state index contributed by atoms with van der Waals surface area (Å²) in [5.74, 6) is 0. The van der Waals surface area contributed by atoms with E-state index < -0.39 is 0 Å². The Balaban J connectivity index is 0.000000216. The van der Waals surface area contributed by atoms with Crippen LogP contribution in [0.1, 0.15) is 34.7 Å². The van der Waals surface area contributed by atoms with Gasteiger partial charge in [-0.1, -0.05) is 91.3 Å². The summed E-state index contributed by atoms with van der Waals surface area (Å²) in [5.41, 5.74) is 20.1. The highest BCUT2D eigenvalue weighted by Gasteiger charge is 2.15. The van der Waals surface area contributed by atoms with Crippen molar-refractivity contribution in [2.24, 2.45) is 11.5 Å². The summed E-state index contributed by atoms with van der Waals surface area (Å²) in [4.78, 5) is 0. The molecule has 0 aliphatic carbocycles. The number of dihydropyridines is 1. The minimum atomic E-state index is -0.161. The molecule has 4 rings (SSSR count). The fourth-order valence-corrected chi connectivity index (χ4v) is 3.43. The second-order valence-electron chi connectivity index (χ2n) is 7.46. The van der Waals surface area contributed by atoms with Gasteiger partial charge in [0, 0.05) is 12.7 Å². The Morgan fingerprint density at radius 1 is 0.833 bits per heavy atom. The van der Waals surface area contributed by atoms with Gasteiger partial charge in [0.05, 0.1) is 0 Å². The van der Waals surface area contributed by atoms with Crippen LogP contribution in [-0.4, -0.2) is 6.17 Å². The van der Waals surface area contributed by atoms with Crippen LogP contribution >= 0.6 is 0 Å². The van der Waals surface area contributed by atoms with E-state index in [1.165, 1.54) is 22.3 Å². The number of hydrogen-bond acceptors (Lipinski definition) is 3. The Hall–Kier alpha value is -3.14. The molecule has 0 aromatic heterocycles. The van der Waals surface area contributed by atoms with Crippen molar-refractivity contribution < 1.29 is 0 Å². The molecule has 0 radical (unpaired) electrons. The molecule has 1 heterocycles. The van der Waals surface area contributed by atoms with Crippen LogP contribution in [-0.2, 0) is 13.0 Å². The van der Waals surface area contributed by atoms with Crippen molar-refractivity contribution in [1.29, 1.82) is 0 Å². The van der Waals surface area contributed by atoms with Gasteiger partial charge in [0.25, 0.3) is 0 Å². The van der Waals surface area contributed by atoms with Gasteiger partial charge in [0.15, 0.2) is 0 Å². The molecule has 1 unspecified atom stereocenters. The molecule has 0 fully saturated rings. The normalized spacial score (nSPS) is 15.3. The lowest BCUT2D eigenvalue weighted by molar-refractivity contribution is 0.747. The lowest BCUT2D eigenvalue weighted by Crippen LogP contribution is -2.36. The molecule has 5 N–H and O–H groups in total. The van der Waals surface area contributed by atoms with E-state index in [-0.39, 0.29) is 6.17 Å². The second kappa shape index (κ2) is 10.6. The van der Waals surface area contributed by atoms with Crippen LogP contribution in [0.5, 0.6) is 0 Å². The van der Waals surface area contributed by atoms with Crippen LogP contribution in [0.2, 0.25) is 0 Å². The molecule has 30 heavy (non-hydrogen) atoms. The predicted molar refractivity (Wildman–Crippen MR) is 128 cm³/mol. The lowest BCUT2D eigenvalue weighted by atomic mass is 9.95. The van der Waals surface area contributed by atoms with Crippen LogP contribution in [0.3, 0.4) is 0 Å². The largest absolute Gasteiger partial charge is 0.372 e. The third-order valence-electron chi connectivity index (χ3n) is 5.16. The first-order chi connectivity index (χ1) is 14.6. The molecule has 0 amide bonds. The smallest absolute Gasteiger partial charge is 0.101 e. The van der Waals surface area contributed by atoms with Crippen LogP contribution in [0.25, 0.3) is 11.1 Å². The Kier molecular flexibility index (Phi) is 7.61. The first kappa shape index (κ1) is 21.6. The topological polar surface area (TPSA) is 64.1 Å². The summed E-state index contributed by atoms with van der Waals surface area (Å²) < 4.78 is 0. The van der Waals surface area contributed by atoms with E-state index in [0.717, 1.165) is 23.1 Å². The maximum Gasteiger partial charge on any atom is 0.101 e. The van der Waals surface area contributed by atoms with Gasteiger partial charge in [-0.2, -0.15) is 0 Å². The summed E-state index contributed by atoms with van der Waals surface area (Å²) in [6.45, 7) is 4.90. The average molecular weight is 398 g/mol. The first-order valence-electron chi connectivity index (χ1n) is 10.4. The van der Waals surface area contributed by atoms with Crippen LogP contribution < -0.4 is 16.8 Å². The maximum absolute atomic E-state index is 6.16. The van der Waals surface area contributed by atoms with Gasteiger partial charge in [-0.15, -0.1) is 0 Å². The Bertz CT molecular complexity index is 1000. The SMILES string of the molecule is CCc1cccc(CN)c1.Cc1cccc(C2=CNC(N)C(c3ccccc3)=C2)c1. The average Bonchev–Trinajstić information content (AvgIpc) is 2.80. The van der Waals surface area contributed by atoms with Crippen molar-refractivity contribution in [1.82, 2.24) is 5.32 Å². The van der Waals surface area contributed by atoms with Crippen LogP contribution in [0.4, 0.5) is 0 Å². The van der Waals surface area contributed by atoms with Crippen molar-refractivity contribution in [3.05, 3.63) is 119 Å². The van der Waals surface area contributed by atoms with Crippen molar-refractivity contribution >= 4 is 11.1 Å². The van der Waals surface area contributed by atoms with Crippen LogP contribution in [0, 0.1) is 6.92 Å². The lowest BCUT2D eigenvalue weighted by Gasteiger charge is -2.23. The van der Waals surface area contributed by atoms with Crippen LogP contribution in [0.15, 0.2) is 91.1 Å². The van der Waals surface area contributed by atoms with E-state index in [9.17, 15) is 0 Å². The fraction of sp³-hybridized carbons (Fsp3) is 0.185. The highest BCUT2D eigenvalue weighted by atomic mass is 15.0. The number of nitrogens with one attached hydrogen (secondary N) is 1. The van der Waals surface area contributed by atoms with Gasteiger partial charge in [-0.3, -0.25) is 0 Å². The Morgan fingerprint density at radius 2 is 1.53 bits per heavy atom. The third-order valence-corrected chi connectivity index (χ3v) is 5.16. The highest BCUT2D eigenvalue weighted by Crippen LogP contribution is 2.26. The van der Waals surface area contributed by atoms with Gasteiger partial charge in [-0.05, 0) is 52.8 Å². The number of aryl methyl sites for hydroxylation is 2. The van der Waals surface area contributed by atoms with E-state index in [4.69, 9.17) is 11.5 Å². The van der Waals surface area contributed by atoms with Crippen molar-refractivity contribution in [3.8, 4) is 0 Å². The summed E-state index contributed by atoms with van der Waals surface area (Å²) >= 11 is 0. The fourth-order valence-electron chi connectivity index (χ4n) is 3.43. The zero-order chi connectivity index (χ0) is 21.3. The highest BCUT2D eigenvalue weighted by molar-refractivity contribution is 5.87. The summed E-state index contributed by atoms with van der Waals surface area (Å²) in [5, 5.41) is 3.25. The molecule has 0 saturated heterocycles. The van der Waals surface area contributed by atoms with Gasteiger partial charge in [0.1, 0.15) is 6.17 Å². The minimum absolute atomic E-state index is 0.161. The molecule has 1 atom stereocenters. The molecule has 0 saturated carbocycles. The maximum atomic E-state index is 6.16. The molecule has 3 nitrogen and oxygen atoms in total. The Labute approximate surface area is 180 Å². The number of allylic oxidation sites excluding steroid dienone is 2. The third kappa shape index (κ3) is 5.69. The van der Waals surface area contributed by atoms with E-state index in [1.54, 1.807) is 0 Å². The molecule has 3 heteroatoms. The minimum Gasteiger partial charge on any atom is -0.372 e. The van der Waals surface area contributed by atoms with E-state index >= 15 is 0 Å². The Morgan fingerprint density at radius 3 is 2.23 bits per heavy atom. The van der Waals surface area contributed by atoms with Crippen molar-refractivity contribution in [2.45, 2.75) is 33.0 Å². The van der Waals surface area contributed by atoms with Gasteiger partial charge < -0.3 is 16.8 Å². The summed E-state index contributed by atoms with van der Waals surface area (Å²) in [6, 6.07) is 27.1. The zero-order valence-corrected chi connectivity index (χ0v) is 17.8. The molecule has 1 aliphatic rings. The number of hydrogen-bond donors (Lipinski definition) is 3. The quantitative estimate of drug-likeness (QED) is 0.579. The zero-order valence-electron chi connectivity index (χ0n) is 17.8. The van der Waals surface area contributed by atoms with Gasteiger partial charge >= 0.3 is 0 Å². The molecule has 3 aromatic carbocycles. The molecular formula is C27H31N3. The summed E-state index contributed by atoms with van der Waals surface area (Å²) in [7, 11) is 0. The van der Waals surface area contributed by atoms with Crippen molar-refractivity contribution in [2.75, 3.05) is 0 Å². The van der Waals surface area contributed by atoms with E-state index in [0.29, 0.717) is 6.54 Å².